The Bertz CT molecular complexity index is 1010. The summed E-state index contributed by atoms with van der Waals surface area (Å²) in [4.78, 5) is 19.9. The van der Waals surface area contributed by atoms with Gasteiger partial charge in [-0.15, -0.1) is 0 Å². The van der Waals surface area contributed by atoms with E-state index >= 15 is 0 Å². The number of hydrogen-bond acceptors (Lipinski definition) is 2. The Hall–Kier alpha value is -2.08. The molecule has 1 aliphatic rings. The van der Waals surface area contributed by atoms with Crippen LogP contribution in [0.15, 0.2) is 30.5 Å². The Kier molecular flexibility index (Phi) is 7.30. The van der Waals surface area contributed by atoms with Gasteiger partial charge in [-0.05, 0) is 0 Å². The number of amides is 1. The van der Waals surface area contributed by atoms with Gasteiger partial charge in [0, 0.05) is 0 Å². The van der Waals surface area contributed by atoms with Gasteiger partial charge in [-0.3, -0.25) is 0 Å². The van der Waals surface area contributed by atoms with Crippen molar-refractivity contribution in [2.45, 2.75) is 78.1 Å². The van der Waals surface area contributed by atoms with Gasteiger partial charge in [0.15, 0.2) is 0 Å². The maximum atomic E-state index is 12.1. The molecule has 2 aromatic rings. The van der Waals surface area contributed by atoms with Crippen LogP contribution >= 0.6 is 0 Å². The molecular weight excluding hydrogens is 447 g/mol. The Labute approximate surface area is 194 Å². The fraction of sp³-hybridized carbons (Fsp3) is 0.481. The molecule has 1 aromatic heterocycles. The second-order valence-electron chi connectivity index (χ2n) is 9.82. The average molecular weight is 482 g/mol. The summed E-state index contributed by atoms with van der Waals surface area (Å²) in [6.45, 7) is 14.5. The first-order valence-electron chi connectivity index (χ1n) is 11.2. The number of pyridine rings is 1. The molecule has 0 atom stereocenters. The summed E-state index contributed by atoms with van der Waals surface area (Å²) in [5, 5.41) is 2.92. The molecule has 1 aromatic carbocycles. The molecule has 3 nitrogen and oxygen atoms in total. The predicted molar refractivity (Wildman–Crippen MR) is 130 cm³/mol. The zero-order valence-corrected chi connectivity index (χ0v) is 21.4. The fourth-order valence-electron chi connectivity index (χ4n) is 4.17. The van der Waals surface area contributed by atoms with E-state index in [1.807, 2.05) is 12.1 Å². The molecule has 1 aliphatic carbocycles. The van der Waals surface area contributed by atoms with Gasteiger partial charge in [-0.25, -0.2) is 0 Å². The summed E-state index contributed by atoms with van der Waals surface area (Å²) in [5.74, 6) is 3.15. The van der Waals surface area contributed by atoms with Crippen molar-refractivity contribution >= 4 is 25.3 Å². The molecule has 0 saturated carbocycles. The molecule has 0 spiro atoms. The van der Waals surface area contributed by atoms with E-state index in [0.717, 1.165) is 12.8 Å². The molecule has 1 amide bonds. The van der Waals surface area contributed by atoms with Crippen LogP contribution in [-0.4, -0.2) is 32.4 Å². The molecule has 4 heteroatoms. The number of unbranched alkanes of at least 4 members (excludes halogenated alkanes) is 1. The number of carbonyl (C=O) groups is 1. The molecule has 3 rings (SSSR count). The van der Waals surface area contributed by atoms with Crippen molar-refractivity contribution in [3.05, 3.63) is 58.4 Å². The van der Waals surface area contributed by atoms with Crippen LogP contribution in [0.5, 0.6) is 0 Å². The number of hydrogen-bond donors (Lipinski definition) is 1. The van der Waals surface area contributed by atoms with Crippen molar-refractivity contribution in [2.24, 2.45) is 0 Å². The van der Waals surface area contributed by atoms with Crippen LogP contribution in [0.25, 0.3) is 0 Å². The second-order valence-corrected chi connectivity index (χ2v) is 11.6. The quantitative estimate of drug-likeness (QED) is 0.385. The van der Waals surface area contributed by atoms with Gasteiger partial charge in [-0.1, -0.05) is 0 Å². The van der Waals surface area contributed by atoms with Gasteiger partial charge in [0.1, 0.15) is 0 Å². The van der Waals surface area contributed by atoms with E-state index in [1.54, 1.807) is 6.20 Å². The van der Waals surface area contributed by atoms with Crippen LogP contribution < -0.4 is 9.78 Å². The van der Waals surface area contributed by atoms with Crippen molar-refractivity contribution in [1.82, 2.24) is 10.3 Å². The monoisotopic (exact) mass is 482 g/mol. The Balaban J connectivity index is 1.79. The number of benzene rings is 1. The number of fused-ring (bicyclic) bond motifs is 1. The van der Waals surface area contributed by atoms with Gasteiger partial charge in [0.2, 0.25) is 0 Å². The molecule has 1 heterocycles. The van der Waals surface area contributed by atoms with Crippen molar-refractivity contribution in [3.8, 4) is 10.7 Å². The van der Waals surface area contributed by atoms with Crippen molar-refractivity contribution in [2.75, 3.05) is 6.54 Å². The summed E-state index contributed by atoms with van der Waals surface area (Å²) in [6.07, 6.45) is 6.10. The molecule has 31 heavy (non-hydrogen) atoms. The molecule has 0 unspecified atom stereocenters. The second kappa shape index (κ2) is 9.60. The fourth-order valence-corrected chi connectivity index (χ4v) is 6.26. The van der Waals surface area contributed by atoms with E-state index in [4.69, 9.17) is 0 Å². The Morgan fingerprint density at radius 1 is 1.16 bits per heavy atom. The van der Waals surface area contributed by atoms with Gasteiger partial charge >= 0.3 is 194 Å². The Morgan fingerprint density at radius 3 is 2.58 bits per heavy atom. The van der Waals surface area contributed by atoms with E-state index < -0.39 is 0 Å². The van der Waals surface area contributed by atoms with Gasteiger partial charge in [0.05, 0.1) is 0 Å². The number of carbonyl (C=O) groups excluding carboxylic acids is 1. The van der Waals surface area contributed by atoms with Crippen molar-refractivity contribution in [3.63, 3.8) is 0 Å². The standard InChI is InChI=1S/C27H34N2OSe/c1-7-8-14-28-25(30)20-9-10-21(29-18-20)11-15-31-23-17-19(2)16-22-24(23)27(5,6)13-12-26(22,3)4/h9-10,16-18H,7-8,12-14H2,1-6H3,(H,28,30). The van der Waals surface area contributed by atoms with Crippen molar-refractivity contribution in [1.29, 1.82) is 0 Å². The molecule has 0 aliphatic heterocycles. The number of rotatable bonds is 5. The number of aryl methyl sites for hydroxylation is 1. The minimum absolute atomic E-state index is 0.0542. The summed E-state index contributed by atoms with van der Waals surface area (Å²) in [7, 11) is 0. The molecule has 164 valence electrons. The van der Waals surface area contributed by atoms with E-state index in [0.29, 0.717) is 17.8 Å². The summed E-state index contributed by atoms with van der Waals surface area (Å²) < 4.78 is 1.40. The number of nitrogens with zero attached hydrogens (tertiary/aromatic N) is 1. The number of aromatic nitrogens is 1. The third kappa shape index (κ3) is 5.59. The van der Waals surface area contributed by atoms with Crippen LogP contribution in [0, 0.1) is 17.7 Å². The molecule has 0 fully saturated rings. The van der Waals surface area contributed by atoms with E-state index in [-0.39, 0.29) is 31.7 Å². The average Bonchev–Trinajstić information content (AvgIpc) is 2.71. The Morgan fingerprint density at radius 2 is 1.90 bits per heavy atom. The molecule has 0 saturated heterocycles. The third-order valence-corrected chi connectivity index (χ3v) is 7.77. The molecule has 0 radical (unpaired) electrons. The minimum atomic E-state index is -0.0686. The maximum absolute atomic E-state index is 12.1. The van der Waals surface area contributed by atoms with Crippen LogP contribution in [0.2, 0.25) is 0 Å². The van der Waals surface area contributed by atoms with Gasteiger partial charge < -0.3 is 0 Å². The van der Waals surface area contributed by atoms with E-state index in [9.17, 15) is 4.79 Å². The first-order chi connectivity index (χ1) is 14.6. The molecule has 0 bridgehead atoms. The SMILES string of the molecule is CCCCNC(=O)c1ccc(C#C[Se]c2cc(C)cc3c2C(C)(C)CCC3(C)C)nc1. The third-order valence-electron chi connectivity index (χ3n) is 6.21. The molecule has 1 N–H and O–H groups in total. The van der Waals surface area contributed by atoms with E-state index in [2.05, 4.69) is 74.7 Å². The first kappa shape index (κ1) is 23.6. The van der Waals surface area contributed by atoms with Crippen LogP contribution in [0.3, 0.4) is 0 Å². The summed E-state index contributed by atoms with van der Waals surface area (Å²) >= 11 is 0.0542. The van der Waals surface area contributed by atoms with Crippen LogP contribution in [0.4, 0.5) is 0 Å². The first-order valence-corrected chi connectivity index (χ1v) is 12.9. The van der Waals surface area contributed by atoms with Crippen LogP contribution in [-0.2, 0) is 10.8 Å². The van der Waals surface area contributed by atoms with Gasteiger partial charge in [0.25, 0.3) is 0 Å². The normalized spacial score (nSPS) is 16.1. The predicted octanol–water partition coefficient (Wildman–Crippen LogP) is 4.61. The van der Waals surface area contributed by atoms with Crippen molar-refractivity contribution < 1.29 is 4.79 Å². The van der Waals surface area contributed by atoms with Crippen LogP contribution in [0.1, 0.15) is 93.0 Å². The summed E-state index contributed by atoms with van der Waals surface area (Å²) in [5.41, 5.74) is 6.03. The summed E-state index contributed by atoms with van der Waals surface area (Å²) in [6, 6.07) is 8.37. The van der Waals surface area contributed by atoms with Gasteiger partial charge in [-0.2, -0.15) is 0 Å². The topological polar surface area (TPSA) is 42.0 Å². The van der Waals surface area contributed by atoms with E-state index in [1.165, 1.54) is 34.0 Å². The molecular formula is C27H34N2OSe. The zero-order chi connectivity index (χ0) is 22.6. The zero-order valence-electron chi connectivity index (χ0n) is 19.7. The number of nitrogens with one attached hydrogen (secondary N) is 1.